The van der Waals surface area contributed by atoms with E-state index in [0.717, 1.165) is 19.3 Å². The molecule has 0 aromatic carbocycles. The Morgan fingerprint density at radius 2 is 1.50 bits per heavy atom. The van der Waals surface area contributed by atoms with Gasteiger partial charge in [-0.2, -0.15) is 0 Å². The summed E-state index contributed by atoms with van der Waals surface area (Å²) in [7, 11) is 0. The molecule has 0 bridgehead atoms. The van der Waals surface area contributed by atoms with Gasteiger partial charge in [0.1, 0.15) is 0 Å². The maximum absolute atomic E-state index is 10.5. The summed E-state index contributed by atoms with van der Waals surface area (Å²) >= 11 is 5.31. The minimum atomic E-state index is -0.398. The molecule has 0 aliphatic carbocycles. The van der Waals surface area contributed by atoms with Gasteiger partial charge in [0.2, 0.25) is 0 Å². The zero-order chi connectivity index (χ0) is 15.0. The first-order valence-corrected chi connectivity index (χ1v) is 7.11. The number of hydrogen-bond donors (Lipinski definition) is 0. The molecule has 3 saturated heterocycles. The highest BCUT2D eigenvalue weighted by atomic mass is 35.5. The summed E-state index contributed by atoms with van der Waals surface area (Å²) in [5.41, 5.74) is 0.0231. The smallest absolute Gasteiger partial charge is 0.314 e. The fourth-order valence-corrected chi connectivity index (χ4v) is 1.56. The van der Waals surface area contributed by atoms with Crippen molar-refractivity contribution < 1.29 is 28.6 Å². The number of cyclic esters (lactones) is 3. The third kappa shape index (κ3) is 8.12. The van der Waals surface area contributed by atoms with E-state index < -0.39 is 11.9 Å². The van der Waals surface area contributed by atoms with Gasteiger partial charge in [-0.1, -0.05) is 11.6 Å². The SMILES string of the molecule is CC1OC1Cl.O=C1CCC(=O)O1.O=C1CCCCCO1. The van der Waals surface area contributed by atoms with Crippen LogP contribution in [0, 0.1) is 0 Å². The molecule has 3 fully saturated rings. The Kier molecular flexibility index (Phi) is 7.54. The average molecular weight is 307 g/mol. The third-order valence-electron chi connectivity index (χ3n) is 2.69. The number of halogens is 1. The largest absolute Gasteiger partial charge is 0.466 e. The fourth-order valence-electron chi connectivity index (χ4n) is 1.40. The van der Waals surface area contributed by atoms with Crippen molar-refractivity contribution in [3.63, 3.8) is 0 Å². The van der Waals surface area contributed by atoms with Gasteiger partial charge >= 0.3 is 17.9 Å². The van der Waals surface area contributed by atoms with Crippen molar-refractivity contribution in [3.05, 3.63) is 0 Å². The fraction of sp³-hybridized carbons (Fsp3) is 0.769. The third-order valence-corrected chi connectivity index (χ3v) is 3.14. The molecule has 0 saturated carbocycles. The number of alkyl halides is 1. The van der Waals surface area contributed by atoms with Crippen molar-refractivity contribution in [2.45, 2.75) is 57.1 Å². The van der Waals surface area contributed by atoms with Crippen molar-refractivity contribution in [2.24, 2.45) is 0 Å². The second-order valence-corrected chi connectivity index (χ2v) is 5.00. The number of ether oxygens (including phenoxy) is 3. The Labute approximate surface area is 122 Å². The molecule has 7 heteroatoms. The molecule has 3 heterocycles. The second kappa shape index (κ2) is 8.92. The molecule has 6 nitrogen and oxygen atoms in total. The van der Waals surface area contributed by atoms with E-state index in [1.54, 1.807) is 0 Å². The van der Waals surface area contributed by atoms with Crippen LogP contribution < -0.4 is 0 Å². The van der Waals surface area contributed by atoms with Gasteiger partial charge in [0.25, 0.3) is 0 Å². The molecule has 0 amide bonds. The number of carbonyl (C=O) groups is 3. The van der Waals surface area contributed by atoms with Crippen LogP contribution in [0.25, 0.3) is 0 Å². The highest BCUT2D eigenvalue weighted by molar-refractivity contribution is 6.21. The number of esters is 3. The van der Waals surface area contributed by atoms with Crippen LogP contribution in [-0.4, -0.2) is 36.2 Å². The molecular weight excluding hydrogens is 288 g/mol. The first-order chi connectivity index (χ1) is 9.49. The topological polar surface area (TPSA) is 82.2 Å². The molecule has 2 atom stereocenters. The van der Waals surface area contributed by atoms with Gasteiger partial charge < -0.3 is 14.2 Å². The van der Waals surface area contributed by atoms with E-state index in [1.807, 2.05) is 6.92 Å². The number of epoxide rings is 1. The molecule has 0 aromatic heterocycles. The summed E-state index contributed by atoms with van der Waals surface area (Å²) in [5.74, 6) is -0.822. The van der Waals surface area contributed by atoms with E-state index >= 15 is 0 Å². The quantitative estimate of drug-likeness (QED) is 0.294. The number of hydrogen-bond acceptors (Lipinski definition) is 6. The van der Waals surface area contributed by atoms with Crippen molar-refractivity contribution in [3.8, 4) is 0 Å². The van der Waals surface area contributed by atoms with Gasteiger partial charge in [-0.15, -0.1) is 0 Å². The summed E-state index contributed by atoms with van der Waals surface area (Å²) in [5, 5.41) is 0. The van der Waals surface area contributed by atoms with Crippen molar-refractivity contribution in [1.82, 2.24) is 0 Å². The second-order valence-electron chi connectivity index (χ2n) is 4.57. The molecule has 20 heavy (non-hydrogen) atoms. The summed E-state index contributed by atoms with van der Waals surface area (Å²) in [4.78, 5) is 30.5. The lowest BCUT2D eigenvalue weighted by Crippen LogP contribution is -2.00. The lowest BCUT2D eigenvalue weighted by atomic mass is 10.2. The van der Waals surface area contributed by atoms with E-state index in [4.69, 9.17) is 16.3 Å². The van der Waals surface area contributed by atoms with Crippen LogP contribution in [-0.2, 0) is 28.6 Å². The van der Waals surface area contributed by atoms with E-state index in [-0.39, 0.29) is 24.4 Å². The molecule has 3 aliphatic heterocycles. The molecule has 0 radical (unpaired) electrons. The molecule has 0 spiro atoms. The minimum Gasteiger partial charge on any atom is -0.466 e. The Morgan fingerprint density at radius 1 is 0.950 bits per heavy atom. The molecule has 114 valence electrons. The van der Waals surface area contributed by atoms with Crippen molar-refractivity contribution >= 4 is 29.5 Å². The van der Waals surface area contributed by atoms with Gasteiger partial charge in [0.15, 0.2) is 5.56 Å². The van der Waals surface area contributed by atoms with Gasteiger partial charge in [0.05, 0.1) is 25.6 Å². The molecular formula is C13H19ClO6. The average Bonchev–Trinajstić information content (AvgIpc) is 2.99. The van der Waals surface area contributed by atoms with Crippen LogP contribution in [0.15, 0.2) is 0 Å². The predicted octanol–water partition coefficient (Wildman–Crippen LogP) is 1.92. The summed E-state index contributed by atoms with van der Waals surface area (Å²) in [6.45, 7) is 2.58. The summed E-state index contributed by atoms with van der Waals surface area (Å²) < 4.78 is 13.5. The molecule has 3 aliphatic rings. The summed E-state index contributed by atoms with van der Waals surface area (Å²) in [6.07, 6.45) is 4.67. The van der Waals surface area contributed by atoms with E-state index in [2.05, 4.69) is 9.47 Å². The first-order valence-electron chi connectivity index (χ1n) is 6.67. The lowest BCUT2D eigenvalue weighted by molar-refractivity contribution is -0.152. The van der Waals surface area contributed by atoms with E-state index in [0.29, 0.717) is 19.1 Å². The molecule has 2 unspecified atom stereocenters. The van der Waals surface area contributed by atoms with Gasteiger partial charge in [0, 0.05) is 6.42 Å². The van der Waals surface area contributed by atoms with Crippen LogP contribution in [0.1, 0.15) is 45.4 Å². The van der Waals surface area contributed by atoms with Crippen LogP contribution in [0.3, 0.4) is 0 Å². The highest BCUT2D eigenvalue weighted by Crippen LogP contribution is 2.23. The zero-order valence-corrected chi connectivity index (χ0v) is 12.2. The van der Waals surface area contributed by atoms with Crippen LogP contribution in [0.2, 0.25) is 0 Å². The monoisotopic (exact) mass is 306 g/mol. The van der Waals surface area contributed by atoms with Gasteiger partial charge in [-0.25, -0.2) is 0 Å². The Hall–Kier alpha value is -1.14. The Morgan fingerprint density at radius 3 is 1.90 bits per heavy atom. The predicted molar refractivity (Wildman–Crippen MR) is 69.9 cm³/mol. The Bertz CT molecular complexity index is 327. The van der Waals surface area contributed by atoms with Crippen molar-refractivity contribution in [1.29, 1.82) is 0 Å². The van der Waals surface area contributed by atoms with Crippen LogP contribution in [0.5, 0.6) is 0 Å². The minimum absolute atomic E-state index is 0.0231. The van der Waals surface area contributed by atoms with E-state index in [9.17, 15) is 14.4 Å². The van der Waals surface area contributed by atoms with Crippen LogP contribution >= 0.6 is 11.6 Å². The lowest BCUT2D eigenvalue weighted by Gasteiger charge is -1.93. The van der Waals surface area contributed by atoms with Crippen molar-refractivity contribution in [2.75, 3.05) is 6.61 Å². The Balaban J connectivity index is 0.000000154. The summed E-state index contributed by atoms with van der Waals surface area (Å²) in [6, 6.07) is 0. The molecule has 3 rings (SSSR count). The standard InChI is InChI=1S/C6H10O2.C4H4O3.C3H5ClO/c7-6-4-2-1-3-5-8-6;5-3-1-2-4(6)7-3;1-2-3(4)5-2/h1-5H2;1-2H2;2-3H,1H3. The van der Waals surface area contributed by atoms with E-state index in [1.165, 1.54) is 0 Å². The maximum Gasteiger partial charge on any atom is 0.314 e. The maximum atomic E-state index is 10.5. The molecule has 0 aromatic rings. The number of carbonyl (C=O) groups excluding carboxylic acids is 3. The zero-order valence-electron chi connectivity index (χ0n) is 11.4. The normalized spacial score (nSPS) is 28.0. The number of rotatable bonds is 0. The highest BCUT2D eigenvalue weighted by Gasteiger charge is 2.30. The van der Waals surface area contributed by atoms with Gasteiger partial charge in [-0.05, 0) is 26.2 Å². The molecule has 0 N–H and O–H groups in total. The first kappa shape index (κ1) is 16.9. The van der Waals surface area contributed by atoms with Crippen LogP contribution in [0.4, 0.5) is 0 Å². The van der Waals surface area contributed by atoms with Gasteiger partial charge in [-0.3, -0.25) is 14.4 Å².